The summed E-state index contributed by atoms with van der Waals surface area (Å²) in [6, 6.07) is 0.0530. The molecule has 20 heavy (non-hydrogen) atoms. The largest absolute Gasteiger partial charge is 0.229 e. The van der Waals surface area contributed by atoms with E-state index in [4.69, 9.17) is 11.6 Å². The third-order valence-corrected chi connectivity index (χ3v) is 8.67. The Labute approximate surface area is 126 Å². The monoisotopic (exact) mass is 343 g/mol. The Morgan fingerprint density at radius 1 is 1.15 bits per heavy atom. The summed E-state index contributed by atoms with van der Waals surface area (Å²) in [7, 11) is -6.39. The van der Waals surface area contributed by atoms with Crippen molar-refractivity contribution in [3.05, 3.63) is 0 Å². The van der Waals surface area contributed by atoms with E-state index < -0.39 is 25.1 Å². The van der Waals surface area contributed by atoms with Gasteiger partial charge in [-0.15, -0.1) is 11.6 Å². The van der Waals surface area contributed by atoms with Crippen molar-refractivity contribution in [2.75, 3.05) is 23.9 Å². The van der Waals surface area contributed by atoms with Crippen molar-refractivity contribution < 1.29 is 16.8 Å². The fourth-order valence-electron chi connectivity index (χ4n) is 3.10. The first kappa shape index (κ1) is 16.5. The van der Waals surface area contributed by atoms with E-state index in [1.807, 2.05) is 0 Å². The van der Waals surface area contributed by atoms with Gasteiger partial charge in [0.05, 0.1) is 16.8 Å². The molecule has 0 aliphatic carbocycles. The minimum absolute atomic E-state index is 0.00289. The number of hydrogen-bond donors (Lipinski definition) is 0. The number of alkyl halides is 1. The molecule has 8 heteroatoms. The van der Waals surface area contributed by atoms with E-state index in [1.165, 1.54) is 0 Å². The second-order valence-corrected chi connectivity index (χ2v) is 10.5. The Morgan fingerprint density at radius 2 is 1.80 bits per heavy atom. The summed E-state index contributed by atoms with van der Waals surface area (Å²) in [6.45, 7) is 0.568. The van der Waals surface area contributed by atoms with Gasteiger partial charge in [-0.1, -0.05) is 0 Å². The molecular weight excluding hydrogens is 322 g/mol. The molecule has 2 fully saturated rings. The minimum Gasteiger partial charge on any atom is -0.229 e. The third kappa shape index (κ3) is 3.67. The molecule has 2 saturated heterocycles. The lowest BCUT2D eigenvalue weighted by Gasteiger charge is -2.30. The van der Waals surface area contributed by atoms with E-state index in [0.717, 1.165) is 25.7 Å². The topological polar surface area (TPSA) is 71.5 Å². The SMILES string of the molecule is O=S1(=O)CCC(S(=O)(=O)N2CCCC2CCCCl)CC1. The summed E-state index contributed by atoms with van der Waals surface area (Å²) >= 11 is 5.69. The van der Waals surface area contributed by atoms with E-state index in [0.29, 0.717) is 12.4 Å². The van der Waals surface area contributed by atoms with Gasteiger partial charge in [0, 0.05) is 18.5 Å². The van der Waals surface area contributed by atoms with Gasteiger partial charge in [0.15, 0.2) is 0 Å². The molecule has 2 rings (SSSR count). The van der Waals surface area contributed by atoms with Crippen LogP contribution in [0.5, 0.6) is 0 Å². The number of hydrogen-bond acceptors (Lipinski definition) is 4. The maximum absolute atomic E-state index is 12.7. The molecule has 0 N–H and O–H groups in total. The molecule has 0 aromatic heterocycles. The molecule has 2 aliphatic heterocycles. The number of nitrogens with zero attached hydrogens (tertiary/aromatic N) is 1. The third-order valence-electron chi connectivity index (χ3n) is 4.24. The van der Waals surface area contributed by atoms with Crippen LogP contribution in [0.25, 0.3) is 0 Å². The molecule has 0 radical (unpaired) electrons. The Hall–Kier alpha value is 0.150. The highest BCUT2D eigenvalue weighted by Crippen LogP contribution is 2.30. The van der Waals surface area contributed by atoms with E-state index in [2.05, 4.69) is 0 Å². The van der Waals surface area contributed by atoms with Crippen LogP contribution in [-0.4, -0.2) is 56.4 Å². The molecule has 0 amide bonds. The fraction of sp³-hybridized carbons (Fsp3) is 1.00. The zero-order chi connectivity index (χ0) is 14.8. The quantitative estimate of drug-likeness (QED) is 0.707. The number of halogens is 1. The predicted octanol–water partition coefficient (Wildman–Crippen LogP) is 1.38. The van der Waals surface area contributed by atoms with Crippen LogP contribution >= 0.6 is 11.6 Å². The average Bonchev–Trinajstić information content (AvgIpc) is 2.84. The maximum atomic E-state index is 12.7. The molecule has 2 heterocycles. The van der Waals surface area contributed by atoms with Crippen molar-refractivity contribution >= 4 is 31.5 Å². The minimum atomic E-state index is -3.37. The lowest BCUT2D eigenvalue weighted by atomic mass is 10.1. The van der Waals surface area contributed by atoms with Crippen LogP contribution < -0.4 is 0 Å². The Bertz CT molecular complexity index is 518. The van der Waals surface area contributed by atoms with Gasteiger partial charge >= 0.3 is 0 Å². The molecule has 0 aromatic carbocycles. The maximum Gasteiger partial charge on any atom is 0.217 e. The highest BCUT2D eigenvalue weighted by Gasteiger charge is 2.41. The first-order valence-corrected chi connectivity index (χ1v) is 11.0. The summed E-state index contributed by atoms with van der Waals surface area (Å²) in [4.78, 5) is 0. The second kappa shape index (κ2) is 6.50. The van der Waals surface area contributed by atoms with Crippen molar-refractivity contribution in [2.45, 2.75) is 49.8 Å². The van der Waals surface area contributed by atoms with Crippen molar-refractivity contribution in [1.82, 2.24) is 4.31 Å². The van der Waals surface area contributed by atoms with Gasteiger partial charge in [0.1, 0.15) is 9.84 Å². The van der Waals surface area contributed by atoms with Gasteiger partial charge in [-0.2, -0.15) is 4.31 Å². The van der Waals surface area contributed by atoms with Crippen LogP contribution in [0, 0.1) is 0 Å². The zero-order valence-corrected chi connectivity index (χ0v) is 13.9. The first-order chi connectivity index (χ1) is 9.37. The van der Waals surface area contributed by atoms with Crippen molar-refractivity contribution in [2.24, 2.45) is 0 Å². The van der Waals surface area contributed by atoms with E-state index in [9.17, 15) is 16.8 Å². The fourth-order valence-corrected chi connectivity index (χ4v) is 7.27. The van der Waals surface area contributed by atoms with Crippen LogP contribution in [0.1, 0.15) is 38.5 Å². The lowest BCUT2D eigenvalue weighted by molar-refractivity contribution is 0.361. The van der Waals surface area contributed by atoms with Gasteiger partial charge in [-0.05, 0) is 38.5 Å². The molecule has 0 spiro atoms. The van der Waals surface area contributed by atoms with Crippen LogP contribution in [-0.2, 0) is 19.9 Å². The molecule has 118 valence electrons. The highest BCUT2D eigenvalue weighted by atomic mass is 35.5. The van der Waals surface area contributed by atoms with Gasteiger partial charge in [0.25, 0.3) is 0 Å². The number of sulfone groups is 1. The summed E-state index contributed by atoms with van der Waals surface area (Å²) in [5, 5.41) is -0.525. The molecular formula is C12H22ClNO4S2. The van der Waals surface area contributed by atoms with Crippen molar-refractivity contribution in [3.63, 3.8) is 0 Å². The van der Waals surface area contributed by atoms with Crippen molar-refractivity contribution in [3.8, 4) is 0 Å². The molecule has 1 atom stereocenters. The van der Waals surface area contributed by atoms with Gasteiger partial charge < -0.3 is 0 Å². The molecule has 5 nitrogen and oxygen atoms in total. The normalized spacial score (nSPS) is 28.8. The van der Waals surface area contributed by atoms with Crippen LogP contribution in [0.15, 0.2) is 0 Å². The Kier molecular flexibility index (Phi) is 5.37. The Balaban J connectivity index is 2.06. The zero-order valence-electron chi connectivity index (χ0n) is 11.5. The van der Waals surface area contributed by atoms with E-state index >= 15 is 0 Å². The summed E-state index contributed by atoms with van der Waals surface area (Å²) in [6.07, 6.45) is 3.87. The van der Waals surface area contributed by atoms with Gasteiger partial charge in [-0.3, -0.25) is 0 Å². The van der Waals surface area contributed by atoms with Gasteiger partial charge in [0.2, 0.25) is 10.0 Å². The number of sulfonamides is 1. The summed E-state index contributed by atoms with van der Waals surface area (Å²) in [5.41, 5.74) is 0. The molecule has 0 aromatic rings. The van der Waals surface area contributed by atoms with Gasteiger partial charge in [-0.25, -0.2) is 16.8 Å². The van der Waals surface area contributed by atoms with E-state index in [1.54, 1.807) is 4.31 Å². The molecule has 0 saturated carbocycles. The predicted molar refractivity (Wildman–Crippen MR) is 80.3 cm³/mol. The van der Waals surface area contributed by atoms with Crippen LogP contribution in [0.2, 0.25) is 0 Å². The number of rotatable bonds is 5. The van der Waals surface area contributed by atoms with Crippen LogP contribution in [0.3, 0.4) is 0 Å². The standard InChI is InChI=1S/C12H22ClNO4S2/c13-7-1-3-11-4-2-8-14(11)20(17,18)12-5-9-19(15,16)10-6-12/h11-12H,1-10H2. The summed E-state index contributed by atoms with van der Waals surface area (Å²) in [5.74, 6) is 0.542. The van der Waals surface area contributed by atoms with Crippen LogP contribution in [0.4, 0.5) is 0 Å². The smallest absolute Gasteiger partial charge is 0.217 e. The first-order valence-electron chi connectivity index (χ1n) is 7.14. The highest BCUT2D eigenvalue weighted by molar-refractivity contribution is 7.92. The lowest BCUT2D eigenvalue weighted by Crippen LogP contribution is -2.44. The van der Waals surface area contributed by atoms with Crippen molar-refractivity contribution in [1.29, 1.82) is 0 Å². The summed E-state index contributed by atoms with van der Waals surface area (Å²) < 4.78 is 49.8. The molecule has 2 aliphatic rings. The molecule has 0 bridgehead atoms. The average molecular weight is 344 g/mol. The Morgan fingerprint density at radius 3 is 2.40 bits per heavy atom. The van der Waals surface area contributed by atoms with E-state index in [-0.39, 0.29) is 30.4 Å². The molecule has 1 unspecified atom stereocenters. The second-order valence-electron chi connectivity index (χ2n) is 5.63.